The van der Waals surface area contributed by atoms with Crippen LogP contribution in [0.2, 0.25) is 0 Å². The van der Waals surface area contributed by atoms with Crippen LogP contribution in [0.15, 0.2) is 0 Å². The lowest BCUT2D eigenvalue weighted by Crippen LogP contribution is -2.40. The van der Waals surface area contributed by atoms with Gasteiger partial charge in [-0.2, -0.15) is 11.8 Å². The van der Waals surface area contributed by atoms with E-state index in [4.69, 9.17) is 0 Å². The van der Waals surface area contributed by atoms with Gasteiger partial charge in [0.1, 0.15) is 0 Å². The summed E-state index contributed by atoms with van der Waals surface area (Å²) in [5.41, 5.74) is 0.267. The molecule has 0 aromatic heterocycles. The quantitative estimate of drug-likeness (QED) is 0.479. The Bertz CT molecular complexity index is 72.6. The van der Waals surface area contributed by atoms with Crippen LogP contribution in [0.25, 0.3) is 0 Å². The molecule has 0 atom stereocenters. The maximum absolute atomic E-state index is 4.44. The zero-order chi connectivity index (χ0) is 6.04. The van der Waals surface area contributed by atoms with Crippen LogP contribution in [0.1, 0.15) is 13.8 Å². The van der Waals surface area contributed by atoms with Crippen molar-refractivity contribution in [2.45, 2.75) is 19.4 Å². The average Bonchev–Trinajstić information content (AvgIpc) is 1.65. The van der Waals surface area contributed by atoms with Crippen molar-refractivity contribution in [3.63, 3.8) is 0 Å². The molecule has 2 heteroatoms. The lowest BCUT2D eigenvalue weighted by atomic mass is 10.1. The van der Waals surface area contributed by atoms with Gasteiger partial charge in [-0.25, -0.2) is 5.32 Å². The number of nitrogens with zero attached hydrogens (tertiary/aromatic N) is 1. The van der Waals surface area contributed by atoms with Gasteiger partial charge in [0.25, 0.3) is 0 Å². The smallest absolute Gasteiger partial charge is 0.0391 e. The van der Waals surface area contributed by atoms with E-state index in [1.165, 1.54) is 11.5 Å². The summed E-state index contributed by atoms with van der Waals surface area (Å²) in [6.07, 6.45) is 0. The zero-order valence-corrected chi connectivity index (χ0v) is 6.29. The molecular weight excluding hydrogens is 118 g/mol. The van der Waals surface area contributed by atoms with Gasteiger partial charge in [0, 0.05) is 23.6 Å². The Labute approximate surface area is 55.2 Å². The first-order chi connectivity index (χ1) is 3.71. The second kappa shape index (κ2) is 2.28. The standard InChI is InChI=1S/C6H12NS/c1-6(2)5-8-4-3-7-6/h3-5H2,1-2H3. The lowest BCUT2D eigenvalue weighted by Gasteiger charge is -2.28. The molecule has 1 aliphatic heterocycles. The van der Waals surface area contributed by atoms with Crippen LogP contribution in [0.5, 0.6) is 0 Å². The van der Waals surface area contributed by atoms with E-state index in [9.17, 15) is 0 Å². The molecule has 0 amide bonds. The fourth-order valence-electron chi connectivity index (χ4n) is 0.780. The Balaban J connectivity index is 2.33. The van der Waals surface area contributed by atoms with Crippen LogP contribution in [-0.4, -0.2) is 23.6 Å². The van der Waals surface area contributed by atoms with Crippen molar-refractivity contribution in [2.75, 3.05) is 18.1 Å². The number of hydrogen-bond donors (Lipinski definition) is 0. The largest absolute Gasteiger partial charge is 0.234 e. The highest BCUT2D eigenvalue weighted by molar-refractivity contribution is 7.99. The molecule has 0 unspecified atom stereocenters. The van der Waals surface area contributed by atoms with E-state index in [0.717, 1.165) is 6.54 Å². The van der Waals surface area contributed by atoms with E-state index < -0.39 is 0 Å². The molecule has 0 aromatic rings. The summed E-state index contributed by atoms with van der Waals surface area (Å²) in [5.74, 6) is 2.43. The topological polar surface area (TPSA) is 14.1 Å². The molecule has 0 saturated carbocycles. The molecule has 0 bridgehead atoms. The highest BCUT2D eigenvalue weighted by Gasteiger charge is 2.21. The predicted molar refractivity (Wildman–Crippen MR) is 38.4 cm³/mol. The third-order valence-electron chi connectivity index (χ3n) is 1.23. The van der Waals surface area contributed by atoms with Gasteiger partial charge in [0.05, 0.1) is 0 Å². The molecular formula is C6H12NS. The number of hydrogen-bond acceptors (Lipinski definition) is 1. The fourth-order valence-corrected chi connectivity index (χ4v) is 1.74. The molecule has 1 nitrogen and oxygen atoms in total. The molecule has 0 spiro atoms. The van der Waals surface area contributed by atoms with Crippen LogP contribution in [0, 0.1) is 0 Å². The summed E-state index contributed by atoms with van der Waals surface area (Å²) in [7, 11) is 0. The van der Waals surface area contributed by atoms with E-state index >= 15 is 0 Å². The molecule has 1 heterocycles. The van der Waals surface area contributed by atoms with Gasteiger partial charge in [0.2, 0.25) is 0 Å². The van der Waals surface area contributed by atoms with Gasteiger partial charge in [-0.15, -0.1) is 0 Å². The van der Waals surface area contributed by atoms with Crippen LogP contribution in [0.4, 0.5) is 0 Å². The van der Waals surface area contributed by atoms with E-state index in [1.807, 2.05) is 11.8 Å². The molecule has 1 fully saturated rings. The summed E-state index contributed by atoms with van der Waals surface area (Å²) >= 11 is 2.01. The summed E-state index contributed by atoms with van der Waals surface area (Å²) in [6.45, 7) is 5.44. The van der Waals surface area contributed by atoms with Gasteiger partial charge in [-0.1, -0.05) is 0 Å². The number of thioether (sulfide) groups is 1. The minimum Gasteiger partial charge on any atom is -0.234 e. The van der Waals surface area contributed by atoms with E-state index in [-0.39, 0.29) is 5.54 Å². The van der Waals surface area contributed by atoms with Crippen molar-refractivity contribution in [1.82, 2.24) is 5.32 Å². The summed E-state index contributed by atoms with van der Waals surface area (Å²) in [6, 6.07) is 0. The predicted octanol–water partition coefficient (Wildman–Crippen LogP) is 1.12. The van der Waals surface area contributed by atoms with E-state index in [1.54, 1.807) is 0 Å². The zero-order valence-electron chi connectivity index (χ0n) is 5.48. The first kappa shape index (κ1) is 6.43. The van der Waals surface area contributed by atoms with Gasteiger partial charge in [0.15, 0.2) is 0 Å². The Morgan fingerprint density at radius 1 is 1.50 bits per heavy atom. The van der Waals surface area contributed by atoms with Crippen LogP contribution in [-0.2, 0) is 0 Å². The first-order valence-electron chi connectivity index (χ1n) is 2.97. The average molecular weight is 130 g/mol. The summed E-state index contributed by atoms with van der Waals surface area (Å²) < 4.78 is 0. The first-order valence-corrected chi connectivity index (χ1v) is 4.13. The SMILES string of the molecule is CC1(C)CSCC[N]1. The summed E-state index contributed by atoms with van der Waals surface area (Å²) in [5, 5.41) is 4.44. The molecule has 1 radical (unpaired) electrons. The van der Waals surface area contributed by atoms with Gasteiger partial charge in [-0.05, 0) is 13.8 Å². The highest BCUT2D eigenvalue weighted by Crippen LogP contribution is 2.17. The maximum Gasteiger partial charge on any atom is 0.0391 e. The Hall–Kier alpha value is 0.310. The molecule has 1 aliphatic rings. The highest BCUT2D eigenvalue weighted by atomic mass is 32.2. The van der Waals surface area contributed by atoms with Crippen LogP contribution in [0.3, 0.4) is 0 Å². The van der Waals surface area contributed by atoms with Gasteiger partial charge < -0.3 is 0 Å². The second-order valence-corrected chi connectivity index (χ2v) is 3.85. The molecule has 1 saturated heterocycles. The van der Waals surface area contributed by atoms with Crippen LogP contribution < -0.4 is 5.32 Å². The third kappa shape index (κ3) is 1.67. The Kier molecular flexibility index (Phi) is 1.83. The van der Waals surface area contributed by atoms with Gasteiger partial charge in [-0.3, -0.25) is 0 Å². The molecule has 0 aromatic carbocycles. The minimum atomic E-state index is 0.267. The normalized spacial score (nSPS) is 27.8. The summed E-state index contributed by atoms with van der Waals surface area (Å²) in [4.78, 5) is 0. The monoisotopic (exact) mass is 130 g/mol. The Morgan fingerprint density at radius 3 is 2.50 bits per heavy atom. The maximum atomic E-state index is 4.44. The molecule has 0 aliphatic carbocycles. The van der Waals surface area contributed by atoms with Crippen molar-refractivity contribution in [1.29, 1.82) is 0 Å². The van der Waals surface area contributed by atoms with Crippen molar-refractivity contribution < 1.29 is 0 Å². The number of rotatable bonds is 0. The van der Waals surface area contributed by atoms with Crippen LogP contribution >= 0.6 is 11.8 Å². The van der Waals surface area contributed by atoms with Crippen molar-refractivity contribution in [2.24, 2.45) is 0 Å². The van der Waals surface area contributed by atoms with Crippen molar-refractivity contribution >= 4 is 11.8 Å². The second-order valence-electron chi connectivity index (χ2n) is 2.75. The van der Waals surface area contributed by atoms with Gasteiger partial charge >= 0.3 is 0 Å². The molecule has 0 N–H and O–H groups in total. The molecule has 47 valence electrons. The Morgan fingerprint density at radius 2 is 2.25 bits per heavy atom. The van der Waals surface area contributed by atoms with E-state index in [0.29, 0.717) is 0 Å². The third-order valence-corrected chi connectivity index (χ3v) is 2.61. The van der Waals surface area contributed by atoms with E-state index in [2.05, 4.69) is 19.2 Å². The molecule has 8 heavy (non-hydrogen) atoms. The molecule has 1 rings (SSSR count). The minimum absolute atomic E-state index is 0.267. The van der Waals surface area contributed by atoms with Crippen molar-refractivity contribution in [3.8, 4) is 0 Å². The fraction of sp³-hybridized carbons (Fsp3) is 1.00. The van der Waals surface area contributed by atoms with Crippen molar-refractivity contribution in [3.05, 3.63) is 0 Å². The lowest BCUT2D eigenvalue weighted by molar-refractivity contribution is 0.429.